The van der Waals surface area contributed by atoms with Crippen LogP contribution in [0.25, 0.3) is 0 Å². The van der Waals surface area contributed by atoms with Gasteiger partial charge in [0.15, 0.2) is 0 Å². The van der Waals surface area contributed by atoms with E-state index in [0.717, 1.165) is 6.33 Å². The van der Waals surface area contributed by atoms with Gasteiger partial charge in [0.05, 0.1) is 27.6 Å². The quantitative estimate of drug-likeness (QED) is 0.146. The maximum absolute atomic E-state index is 12.3. The summed E-state index contributed by atoms with van der Waals surface area (Å²) >= 11 is 0. The minimum atomic E-state index is -0.685. The zero-order valence-corrected chi connectivity index (χ0v) is 19.5. The summed E-state index contributed by atoms with van der Waals surface area (Å²) in [6, 6.07) is 21.3. The SMILES string of the molecule is O=C(Cc1ccc([N+](=O)[O-])cc1)NNc1ncnc(Nc2ccc(N=Nc3ccccc3)cc2)c1[N+](=O)[O-]. The van der Waals surface area contributed by atoms with E-state index >= 15 is 0 Å². The van der Waals surface area contributed by atoms with E-state index in [1.165, 1.54) is 24.3 Å². The third-order valence-corrected chi connectivity index (χ3v) is 5.00. The Balaban J connectivity index is 1.41. The Bertz CT molecular complexity index is 1480. The van der Waals surface area contributed by atoms with Gasteiger partial charge in [-0.1, -0.05) is 30.3 Å². The summed E-state index contributed by atoms with van der Waals surface area (Å²) in [6.45, 7) is 0. The molecule has 0 atom stereocenters. The average molecular weight is 513 g/mol. The molecule has 4 rings (SSSR count). The molecule has 0 aliphatic heterocycles. The van der Waals surface area contributed by atoms with Gasteiger partial charge in [0.25, 0.3) is 5.69 Å². The Labute approximate surface area is 214 Å². The van der Waals surface area contributed by atoms with Crippen molar-refractivity contribution < 1.29 is 14.6 Å². The molecular weight excluding hydrogens is 494 g/mol. The lowest BCUT2D eigenvalue weighted by Gasteiger charge is -2.11. The van der Waals surface area contributed by atoms with Crippen molar-refractivity contribution in [2.75, 3.05) is 10.7 Å². The third kappa shape index (κ3) is 6.66. The largest absolute Gasteiger partial charge is 0.355 e. The summed E-state index contributed by atoms with van der Waals surface area (Å²) in [7, 11) is 0. The molecule has 1 heterocycles. The van der Waals surface area contributed by atoms with Crippen LogP contribution in [-0.4, -0.2) is 25.7 Å². The number of carbonyl (C=O) groups excluding carboxylic acids is 1. The number of amides is 1. The van der Waals surface area contributed by atoms with Gasteiger partial charge < -0.3 is 5.32 Å². The molecule has 1 aromatic heterocycles. The standard InChI is InChI=1S/C24H19N9O5/c34-21(14-16-6-12-20(13-7-16)32(35)36)30-31-24-22(33(37)38)23(25-15-26-24)27-17-8-10-19(11-9-17)29-28-18-4-2-1-3-5-18/h1-13,15H,14H2,(H,30,34)(H2,25,26,27,31). The number of azo groups is 1. The molecule has 4 aromatic rings. The number of nitrogens with one attached hydrogen (secondary N) is 3. The van der Waals surface area contributed by atoms with Gasteiger partial charge in [-0.3, -0.25) is 35.9 Å². The van der Waals surface area contributed by atoms with Crippen LogP contribution in [-0.2, 0) is 11.2 Å². The lowest BCUT2D eigenvalue weighted by atomic mass is 10.1. The first-order valence-electron chi connectivity index (χ1n) is 11.0. The molecule has 3 N–H and O–H groups in total. The van der Waals surface area contributed by atoms with Crippen LogP contribution in [0, 0.1) is 20.2 Å². The van der Waals surface area contributed by atoms with Crippen molar-refractivity contribution in [1.82, 2.24) is 15.4 Å². The Hall–Kier alpha value is -5.79. The smallest absolute Gasteiger partial charge is 0.334 e. The second kappa shape index (κ2) is 11.8. The lowest BCUT2D eigenvalue weighted by molar-refractivity contribution is -0.384. The Kier molecular flexibility index (Phi) is 7.83. The van der Waals surface area contributed by atoms with Crippen molar-refractivity contribution >= 4 is 46.0 Å². The van der Waals surface area contributed by atoms with Crippen molar-refractivity contribution in [1.29, 1.82) is 0 Å². The zero-order chi connectivity index (χ0) is 26.9. The number of aromatic nitrogens is 2. The van der Waals surface area contributed by atoms with Gasteiger partial charge in [-0.15, -0.1) is 0 Å². The van der Waals surface area contributed by atoms with Gasteiger partial charge in [0.1, 0.15) is 6.33 Å². The van der Waals surface area contributed by atoms with Crippen LogP contribution >= 0.6 is 0 Å². The molecule has 0 radical (unpaired) electrons. The number of non-ortho nitro benzene ring substituents is 1. The van der Waals surface area contributed by atoms with Crippen LogP contribution < -0.4 is 16.2 Å². The monoisotopic (exact) mass is 513 g/mol. The number of nitrogens with zero attached hydrogens (tertiary/aromatic N) is 6. The Morgan fingerprint density at radius 2 is 1.42 bits per heavy atom. The number of benzene rings is 3. The number of anilines is 3. The van der Waals surface area contributed by atoms with Gasteiger partial charge in [-0.25, -0.2) is 9.97 Å². The van der Waals surface area contributed by atoms with Gasteiger partial charge in [0.2, 0.25) is 17.5 Å². The van der Waals surface area contributed by atoms with E-state index < -0.39 is 21.4 Å². The summed E-state index contributed by atoms with van der Waals surface area (Å²) in [5, 5.41) is 33.7. The highest BCUT2D eigenvalue weighted by Crippen LogP contribution is 2.31. The molecule has 0 aliphatic rings. The number of rotatable bonds is 10. The fraction of sp³-hybridized carbons (Fsp3) is 0.0417. The van der Waals surface area contributed by atoms with E-state index in [9.17, 15) is 25.0 Å². The summed E-state index contributed by atoms with van der Waals surface area (Å²) in [5.74, 6) is -0.880. The van der Waals surface area contributed by atoms with Crippen LogP contribution in [0.1, 0.15) is 5.56 Å². The van der Waals surface area contributed by atoms with Gasteiger partial charge in [0, 0.05) is 17.8 Å². The van der Waals surface area contributed by atoms with Crippen LogP contribution in [0.15, 0.2) is 95.4 Å². The number of hydrogen-bond donors (Lipinski definition) is 3. The number of hydrazine groups is 1. The Morgan fingerprint density at radius 3 is 2.05 bits per heavy atom. The average Bonchev–Trinajstić information content (AvgIpc) is 2.92. The Morgan fingerprint density at radius 1 is 0.789 bits per heavy atom. The second-order valence-corrected chi connectivity index (χ2v) is 7.66. The zero-order valence-electron chi connectivity index (χ0n) is 19.5. The van der Waals surface area contributed by atoms with Crippen molar-refractivity contribution in [2.24, 2.45) is 10.2 Å². The summed E-state index contributed by atoms with van der Waals surface area (Å²) in [5.41, 5.74) is 6.48. The first-order valence-corrected chi connectivity index (χ1v) is 11.0. The third-order valence-electron chi connectivity index (χ3n) is 5.00. The number of carbonyl (C=O) groups is 1. The van der Waals surface area contributed by atoms with Crippen molar-refractivity contribution in [3.8, 4) is 0 Å². The van der Waals surface area contributed by atoms with Crippen molar-refractivity contribution in [2.45, 2.75) is 6.42 Å². The fourth-order valence-electron chi connectivity index (χ4n) is 3.19. The molecule has 0 spiro atoms. The maximum Gasteiger partial charge on any atom is 0.355 e. The topological polar surface area (TPSA) is 190 Å². The number of hydrogen-bond acceptors (Lipinski definition) is 11. The summed E-state index contributed by atoms with van der Waals surface area (Å²) < 4.78 is 0. The molecule has 0 fully saturated rings. The summed E-state index contributed by atoms with van der Waals surface area (Å²) in [6.07, 6.45) is 0.978. The molecule has 190 valence electrons. The predicted octanol–water partition coefficient (Wildman–Crippen LogP) is 5.14. The first-order chi connectivity index (χ1) is 18.4. The molecule has 0 saturated heterocycles. The van der Waals surface area contributed by atoms with E-state index in [1.54, 1.807) is 24.3 Å². The van der Waals surface area contributed by atoms with Crippen LogP contribution in [0.3, 0.4) is 0 Å². The number of nitro benzene ring substituents is 1. The van der Waals surface area contributed by atoms with Crippen LogP contribution in [0.4, 0.5) is 40.1 Å². The fourth-order valence-corrected chi connectivity index (χ4v) is 3.19. The van der Waals surface area contributed by atoms with Gasteiger partial charge in [-0.05, 0) is 42.0 Å². The van der Waals surface area contributed by atoms with E-state index in [0.29, 0.717) is 22.6 Å². The molecule has 1 amide bonds. The molecule has 0 bridgehead atoms. The minimum Gasteiger partial charge on any atom is -0.334 e. The maximum atomic E-state index is 12.3. The molecular formula is C24H19N9O5. The van der Waals surface area contributed by atoms with E-state index in [1.807, 2.05) is 30.3 Å². The molecule has 3 aromatic carbocycles. The van der Waals surface area contributed by atoms with Crippen molar-refractivity contribution in [3.05, 3.63) is 111 Å². The molecule has 38 heavy (non-hydrogen) atoms. The van der Waals surface area contributed by atoms with E-state index in [-0.39, 0.29) is 23.7 Å². The van der Waals surface area contributed by atoms with E-state index in [4.69, 9.17) is 0 Å². The van der Waals surface area contributed by atoms with E-state index in [2.05, 4.69) is 36.4 Å². The molecule has 0 aliphatic carbocycles. The molecule has 0 unspecified atom stereocenters. The molecule has 14 heteroatoms. The first kappa shape index (κ1) is 25.3. The highest BCUT2D eigenvalue weighted by molar-refractivity contribution is 5.81. The normalized spacial score (nSPS) is 10.6. The highest BCUT2D eigenvalue weighted by atomic mass is 16.6. The van der Waals surface area contributed by atoms with Crippen LogP contribution in [0.2, 0.25) is 0 Å². The molecule has 14 nitrogen and oxygen atoms in total. The van der Waals surface area contributed by atoms with Crippen LogP contribution in [0.5, 0.6) is 0 Å². The van der Waals surface area contributed by atoms with Crippen molar-refractivity contribution in [3.63, 3.8) is 0 Å². The predicted molar refractivity (Wildman–Crippen MR) is 138 cm³/mol. The van der Waals surface area contributed by atoms with Gasteiger partial charge >= 0.3 is 5.69 Å². The highest BCUT2D eigenvalue weighted by Gasteiger charge is 2.23. The van der Waals surface area contributed by atoms with Gasteiger partial charge in [-0.2, -0.15) is 10.2 Å². The molecule has 0 saturated carbocycles. The lowest BCUT2D eigenvalue weighted by Crippen LogP contribution is -2.31. The minimum absolute atomic E-state index is 0.101. The number of nitro groups is 2. The summed E-state index contributed by atoms with van der Waals surface area (Å²) in [4.78, 5) is 41.4. The second-order valence-electron chi connectivity index (χ2n) is 7.66.